The van der Waals surface area contributed by atoms with E-state index in [1.165, 1.54) is 0 Å². The third-order valence-corrected chi connectivity index (χ3v) is 4.66. The third-order valence-electron chi connectivity index (χ3n) is 4.66. The van der Waals surface area contributed by atoms with Crippen molar-refractivity contribution >= 4 is 11.8 Å². The van der Waals surface area contributed by atoms with Crippen LogP contribution in [0.15, 0.2) is 42.7 Å². The van der Waals surface area contributed by atoms with E-state index in [4.69, 9.17) is 9.47 Å². The molecule has 2 amide bonds. The number of amides is 2. The molecule has 0 aliphatic carbocycles. The lowest BCUT2D eigenvalue weighted by Crippen LogP contribution is -2.46. The lowest BCUT2D eigenvalue weighted by atomic mass is 10.0. The fourth-order valence-electron chi connectivity index (χ4n) is 3.11. The van der Waals surface area contributed by atoms with Crippen LogP contribution in [0.5, 0.6) is 11.5 Å². The molecule has 142 valence electrons. The summed E-state index contributed by atoms with van der Waals surface area (Å²) in [6.45, 7) is 1.17. The van der Waals surface area contributed by atoms with Crippen LogP contribution in [0.3, 0.4) is 0 Å². The van der Waals surface area contributed by atoms with Crippen LogP contribution >= 0.6 is 0 Å². The van der Waals surface area contributed by atoms with Gasteiger partial charge in [-0.3, -0.25) is 14.6 Å². The smallest absolute Gasteiger partial charge is 0.254 e. The number of likely N-dealkylation sites (tertiary alicyclic amines) is 1. The van der Waals surface area contributed by atoms with E-state index in [-0.39, 0.29) is 17.9 Å². The summed E-state index contributed by atoms with van der Waals surface area (Å²) in [5.41, 5.74) is 1.12. The summed E-state index contributed by atoms with van der Waals surface area (Å²) in [7, 11) is 3.11. The zero-order chi connectivity index (χ0) is 19.2. The number of carbonyl (C=O) groups is 2. The Morgan fingerprint density at radius 2 is 1.59 bits per heavy atom. The first-order valence-corrected chi connectivity index (χ1v) is 8.84. The van der Waals surface area contributed by atoms with Gasteiger partial charge in [-0.1, -0.05) is 0 Å². The van der Waals surface area contributed by atoms with E-state index in [0.717, 1.165) is 0 Å². The first kappa shape index (κ1) is 18.7. The molecule has 7 heteroatoms. The second kappa shape index (κ2) is 8.53. The van der Waals surface area contributed by atoms with Gasteiger partial charge in [0.2, 0.25) is 0 Å². The van der Waals surface area contributed by atoms with E-state index in [1.807, 2.05) is 0 Å². The van der Waals surface area contributed by atoms with Crippen molar-refractivity contribution in [1.29, 1.82) is 0 Å². The Morgan fingerprint density at radius 3 is 2.15 bits per heavy atom. The summed E-state index contributed by atoms with van der Waals surface area (Å²) in [5, 5.41) is 3.03. The quantitative estimate of drug-likeness (QED) is 0.873. The molecule has 1 aromatic carbocycles. The predicted octanol–water partition coefficient (Wildman–Crippen LogP) is 2.13. The number of nitrogens with one attached hydrogen (secondary N) is 1. The molecule has 7 nitrogen and oxygen atoms in total. The second-order valence-electron chi connectivity index (χ2n) is 6.38. The standard InChI is InChI=1S/C20H23N3O4/c1-26-17-11-15(12-18(13-17)27-2)20(25)23-9-5-16(6-10-23)22-19(24)14-3-7-21-8-4-14/h3-4,7-8,11-13,16H,5-6,9-10H2,1-2H3,(H,22,24). The first-order chi connectivity index (χ1) is 13.1. The predicted molar refractivity (Wildman–Crippen MR) is 100 cm³/mol. The van der Waals surface area contributed by atoms with Crippen molar-refractivity contribution in [3.8, 4) is 11.5 Å². The van der Waals surface area contributed by atoms with Gasteiger partial charge in [-0.2, -0.15) is 0 Å². The maximum Gasteiger partial charge on any atom is 0.254 e. The number of benzene rings is 1. The highest BCUT2D eigenvalue weighted by Gasteiger charge is 2.25. The Kier molecular flexibility index (Phi) is 5.90. The monoisotopic (exact) mass is 369 g/mol. The Labute approximate surface area is 158 Å². The lowest BCUT2D eigenvalue weighted by molar-refractivity contribution is 0.0697. The van der Waals surface area contributed by atoms with E-state index >= 15 is 0 Å². The van der Waals surface area contributed by atoms with E-state index in [2.05, 4.69) is 10.3 Å². The SMILES string of the molecule is COc1cc(OC)cc(C(=O)N2CCC(NC(=O)c3ccncc3)CC2)c1. The summed E-state index contributed by atoms with van der Waals surface area (Å²) in [5.74, 6) is 0.986. The maximum atomic E-state index is 12.8. The molecule has 0 unspecified atom stereocenters. The molecule has 3 rings (SSSR count). The van der Waals surface area contributed by atoms with E-state index < -0.39 is 0 Å². The molecule has 0 radical (unpaired) electrons. The van der Waals surface area contributed by atoms with E-state index in [1.54, 1.807) is 61.8 Å². The second-order valence-corrected chi connectivity index (χ2v) is 6.38. The molecule has 0 spiro atoms. The minimum Gasteiger partial charge on any atom is -0.497 e. The van der Waals surface area contributed by atoms with Crippen LogP contribution in [0.2, 0.25) is 0 Å². The van der Waals surface area contributed by atoms with Crippen LogP contribution in [0.4, 0.5) is 0 Å². The van der Waals surface area contributed by atoms with Crippen LogP contribution in [-0.2, 0) is 0 Å². The molecular weight excluding hydrogens is 346 g/mol. The largest absolute Gasteiger partial charge is 0.497 e. The zero-order valence-corrected chi connectivity index (χ0v) is 15.5. The molecule has 2 heterocycles. The topological polar surface area (TPSA) is 80.8 Å². The maximum absolute atomic E-state index is 12.8. The Bertz CT molecular complexity index is 780. The summed E-state index contributed by atoms with van der Waals surface area (Å²) in [6.07, 6.45) is 4.62. The number of nitrogens with zero attached hydrogens (tertiary/aromatic N) is 2. The molecular formula is C20H23N3O4. The Balaban J connectivity index is 1.59. The van der Waals surface area contributed by atoms with Gasteiger partial charge in [0, 0.05) is 48.7 Å². The number of aromatic nitrogens is 1. The summed E-state index contributed by atoms with van der Waals surface area (Å²) in [4.78, 5) is 30.8. The molecule has 1 saturated heterocycles. The number of methoxy groups -OCH3 is 2. The van der Waals surface area contributed by atoms with Crippen molar-refractivity contribution in [1.82, 2.24) is 15.2 Å². The Morgan fingerprint density at radius 1 is 1.00 bits per heavy atom. The average molecular weight is 369 g/mol. The van der Waals surface area contributed by atoms with Crippen LogP contribution in [-0.4, -0.2) is 55.0 Å². The highest BCUT2D eigenvalue weighted by atomic mass is 16.5. The minimum absolute atomic E-state index is 0.0505. The fourth-order valence-corrected chi connectivity index (χ4v) is 3.11. The van der Waals surface area contributed by atoms with Gasteiger partial charge in [0.15, 0.2) is 0 Å². The molecule has 1 aliphatic rings. The highest BCUT2D eigenvalue weighted by molar-refractivity contribution is 5.95. The normalized spacial score (nSPS) is 14.5. The molecule has 1 N–H and O–H groups in total. The fraction of sp³-hybridized carbons (Fsp3) is 0.350. The third kappa shape index (κ3) is 4.55. The van der Waals surface area contributed by atoms with Crippen molar-refractivity contribution < 1.29 is 19.1 Å². The Hall–Kier alpha value is -3.09. The zero-order valence-electron chi connectivity index (χ0n) is 15.5. The number of piperidine rings is 1. The number of hydrogen-bond donors (Lipinski definition) is 1. The van der Waals surface area contributed by atoms with Crippen LogP contribution in [0, 0.1) is 0 Å². The minimum atomic E-state index is -0.111. The molecule has 0 saturated carbocycles. The van der Waals surface area contributed by atoms with Crippen molar-refractivity contribution in [3.05, 3.63) is 53.9 Å². The van der Waals surface area contributed by atoms with Gasteiger partial charge in [0.05, 0.1) is 14.2 Å². The number of rotatable bonds is 5. The summed E-state index contributed by atoms with van der Waals surface area (Å²) >= 11 is 0. The van der Waals surface area contributed by atoms with Gasteiger partial charge in [0.1, 0.15) is 11.5 Å². The van der Waals surface area contributed by atoms with Gasteiger partial charge in [-0.15, -0.1) is 0 Å². The van der Waals surface area contributed by atoms with Crippen molar-refractivity contribution in [2.45, 2.75) is 18.9 Å². The van der Waals surface area contributed by atoms with Crippen molar-refractivity contribution in [2.24, 2.45) is 0 Å². The number of hydrogen-bond acceptors (Lipinski definition) is 5. The van der Waals surface area contributed by atoms with Gasteiger partial charge in [0.25, 0.3) is 11.8 Å². The van der Waals surface area contributed by atoms with Gasteiger partial charge in [-0.05, 0) is 37.1 Å². The summed E-state index contributed by atoms with van der Waals surface area (Å²) in [6, 6.07) is 8.57. The summed E-state index contributed by atoms with van der Waals surface area (Å²) < 4.78 is 10.5. The van der Waals surface area contributed by atoms with E-state index in [0.29, 0.717) is 48.6 Å². The van der Waals surface area contributed by atoms with E-state index in [9.17, 15) is 9.59 Å². The highest BCUT2D eigenvalue weighted by Crippen LogP contribution is 2.24. The molecule has 0 atom stereocenters. The lowest BCUT2D eigenvalue weighted by Gasteiger charge is -2.32. The van der Waals surface area contributed by atoms with Crippen molar-refractivity contribution in [3.63, 3.8) is 0 Å². The number of ether oxygens (including phenoxy) is 2. The molecule has 0 bridgehead atoms. The van der Waals surface area contributed by atoms with Crippen LogP contribution in [0.25, 0.3) is 0 Å². The molecule has 1 aromatic heterocycles. The molecule has 27 heavy (non-hydrogen) atoms. The number of carbonyl (C=O) groups excluding carboxylic acids is 2. The molecule has 1 aliphatic heterocycles. The van der Waals surface area contributed by atoms with Crippen LogP contribution in [0.1, 0.15) is 33.6 Å². The average Bonchev–Trinajstić information content (AvgIpc) is 2.74. The molecule has 1 fully saturated rings. The van der Waals surface area contributed by atoms with Gasteiger partial charge in [-0.25, -0.2) is 0 Å². The van der Waals surface area contributed by atoms with Crippen LogP contribution < -0.4 is 14.8 Å². The van der Waals surface area contributed by atoms with Crippen molar-refractivity contribution in [2.75, 3.05) is 27.3 Å². The first-order valence-electron chi connectivity index (χ1n) is 8.84. The number of pyridine rings is 1. The van der Waals surface area contributed by atoms with Gasteiger partial charge < -0.3 is 19.7 Å². The van der Waals surface area contributed by atoms with Gasteiger partial charge >= 0.3 is 0 Å². The molecule has 2 aromatic rings.